The van der Waals surface area contributed by atoms with E-state index in [1.165, 1.54) is 7.11 Å². The first-order valence-electron chi connectivity index (χ1n) is 11.2. The molecule has 1 aliphatic rings. The first-order valence-corrected chi connectivity index (χ1v) is 11.2. The third-order valence-corrected chi connectivity index (χ3v) is 5.60. The minimum Gasteiger partial charge on any atom is -0.466 e. The molecular formula is C30H25NO4. The molecule has 1 atom stereocenters. The van der Waals surface area contributed by atoms with Gasteiger partial charge in [0, 0.05) is 11.3 Å². The van der Waals surface area contributed by atoms with Gasteiger partial charge in [0.2, 0.25) is 0 Å². The summed E-state index contributed by atoms with van der Waals surface area (Å²) < 4.78 is 10.8. The summed E-state index contributed by atoms with van der Waals surface area (Å²) >= 11 is 0. The minimum absolute atomic E-state index is 0.0976. The first-order chi connectivity index (χ1) is 17.1. The normalized spacial score (nSPS) is 15.0. The second kappa shape index (κ2) is 11.0. The number of rotatable bonds is 5. The summed E-state index contributed by atoms with van der Waals surface area (Å²) in [6.07, 6.45) is 0. The third kappa shape index (κ3) is 5.51. The molecule has 0 radical (unpaired) electrons. The predicted molar refractivity (Wildman–Crippen MR) is 134 cm³/mol. The van der Waals surface area contributed by atoms with Crippen molar-refractivity contribution in [3.8, 4) is 11.8 Å². The Morgan fingerprint density at radius 3 is 2.06 bits per heavy atom. The van der Waals surface area contributed by atoms with Crippen molar-refractivity contribution in [1.29, 1.82) is 0 Å². The average Bonchev–Trinajstić information content (AvgIpc) is 2.91. The topological polar surface area (TPSA) is 64.6 Å². The Labute approximate surface area is 205 Å². The maximum Gasteiger partial charge on any atom is 0.338 e. The molecule has 0 aromatic heterocycles. The molecule has 0 bridgehead atoms. The van der Waals surface area contributed by atoms with Gasteiger partial charge in [-0.3, -0.25) is 0 Å². The fourth-order valence-corrected chi connectivity index (χ4v) is 3.88. The number of dihydropyridines is 1. The van der Waals surface area contributed by atoms with Gasteiger partial charge in [-0.2, -0.15) is 0 Å². The van der Waals surface area contributed by atoms with Crippen LogP contribution >= 0.6 is 0 Å². The Morgan fingerprint density at radius 1 is 0.829 bits per heavy atom. The van der Waals surface area contributed by atoms with Crippen molar-refractivity contribution in [2.75, 3.05) is 7.11 Å². The van der Waals surface area contributed by atoms with E-state index in [0.29, 0.717) is 11.4 Å². The van der Waals surface area contributed by atoms with E-state index in [-0.39, 0.29) is 17.8 Å². The molecule has 5 heteroatoms. The number of hydrogen-bond acceptors (Lipinski definition) is 5. The van der Waals surface area contributed by atoms with Gasteiger partial charge in [-0.15, -0.1) is 0 Å². The van der Waals surface area contributed by atoms with Crippen molar-refractivity contribution in [2.45, 2.75) is 13.5 Å². The van der Waals surface area contributed by atoms with E-state index in [4.69, 9.17) is 9.47 Å². The quantitative estimate of drug-likeness (QED) is 0.433. The maximum atomic E-state index is 13.6. The summed E-state index contributed by atoms with van der Waals surface area (Å²) in [6.45, 7) is 1.87. The molecule has 3 aromatic rings. The molecule has 0 saturated carbocycles. The molecule has 0 amide bonds. The van der Waals surface area contributed by atoms with Crippen LogP contribution in [0.25, 0.3) is 5.70 Å². The SMILES string of the molecule is COC(=O)C1=C(C)NC(c2ccccc2)=C(C(=O)OCc2ccccc2)[C@H]1C#Cc1ccccc1. The van der Waals surface area contributed by atoms with Gasteiger partial charge in [-0.05, 0) is 30.2 Å². The van der Waals surface area contributed by atoms with Crippen molar-refractivity contribution in [2.24, 2.45) is 5.92 Å². The van der Waals surface area contributed by atoms with Gasteiger partial charge in [0.05, 0.1) is 29.9 Å². The standard InChI is InChI=1S/C30H25NO4/c1-21-26(29(32)34-2)25(19-18-22-12-6-3-7-13-22)27(28(31-21)24-16-10-5-11-17-24)30(33)35-20-23-14-8-4-9-15-23/h3-17,25,31H,20H2,1-2H3/t25-/m0/s1. The molecule has 0 spiro atoms. The van der Waals surface area contributed by atoms with E-state index in [1.54, 1.807) is 6.92 Å². The average molecular weight is 464 g/mol. The van der Waals surface area contributed by atoms with E-state index in [1.807, 2.05) is 91.0 Å². The highest BCUT2D eigenvalue weighted by molar-refractivity contribution is 6.04. The number of methoxy groups -OCH3 is 1. The molecule has 0 fully saturated rings. The Bertz CT molecular complexity index is 1330. The number of carbonyl (C=O) groups is 2. The predicted octanol–water partition coefficient (Wildman–Crippen LogP) is 4.86. The summed E-state index contributed by atoms with van der Waals surface area (Å²) in [5, 5.41) is 3.25. The van der Waals surface area contributed by atoms with Crippen LogP contribution in [0.4, 0.5) is 0 Å². The van der Waals surface area contributed by atoms with Gasteiger partial charge in [-0.1, -0.05) is 90.7 Å². The molecule has 1 N–H and O–H groups in total. The summed E-state index contributed by atoms with van der Waals surface area (Å²) in [5.74, 6) is 4.32. The van der Waals surface area contributed by atoms with Crippen LogP contribution < -0.4 is 5.32 Å². The molecule has 0 saturated heterocycles. The van der Waals surface area contributed by atoms with Crippen molar-refractivity contribution >= 4 is 17.6 Å². The van der Waals surface area contributed by atoms with E-state index < -0.39 is 17.9 Å². The Kier molecular flexibility index (Phi) is 7.44. The van der Waals surface area contributed by atoms with Crippen molar-refractivity contribution < 1.29 is 19.1 Å². The highest BCUT2D eigenvalue weighted by atomic mass is 16.5. The molecule has 0 aliphatic carbocycles. The molecule has 4 rings (SSSR count). The summed E-state index contributed by atoms with van der Waals surface area (Å²) in [6, 6.07) is 28.3. The number of benzene rings is 3. The molecule has 0 unspecified atom stereocenters. The number of nitrogens with one attached hydrogen (secondary N) is 1. The van der Waals surface area contributed by atoms with Gasteiger partial charge >= 0.3 is 11.9 Å². The van der Waals surface area contributed by atoms with Crippen LogP contribution in [0.3, 0.4) is 0 Å². The fraction of sp³-hybridized carbons (Fsp3) is 0.133. The first kappa shape index (κ1) is 23.6. The van der Waals surface area contributed by atoms with Crippen molar-refractivity contribution in [3.05, 3.63) is 125 Å². The van der Waals surface area contributed by atoms with E-state index in [0.717, 1.165) is 16.7 Å². The Morgan fingerprint density at radius 2 is 1.43 bits per heavy atom. The zero-order chi connectivity index (χ0) is 24.6. The van der Waals surface area contributed by atoms with Crippen LogP contribution in [-0.2, 0) is 25.7 Å². The van der Waals surface area contributed by atoms with E-state index >= 15 is 0 Å². The number of hydrogen-bond donors (Lipinski definition) is 1. The van der Waals surface area contributed by atoms with Gasteiger partial charge in [0.25, 0.3) is 0 Å². The van der Waals surface area contributed by atoms with Crippen molar-refractivity contribution in [3.63, 3.8) is 0 Å². The third-order valence-electron chi connectivity index (χ3n) is 5.60. The van der Waals surface area contributed by atoms with Crippen molar-refractivity contribution in [1.82, 2.24) is 5.32 Å². The Hall–Kier alpha value is -4.56. The van der Waals surface area contributed by atoms with Crippen LogP contribution in [0.1, 0.15) is 23.6 Å². The second-order valence-corrected chi connectivity index (χ2v) is 7.94. The smallest absolute Gasteiger partial charge is 0.338 e. The molecule has 174 valence electrons. The monoisotopic (exact) mass is 463 g/mol. The van der Waals surface area contributed by atoms with Crippen LogP contribution in [-0.4, -0.2) is 19.0 Å². The van der Waals surface area contributed by atoms with Gasteiger partial charge in [0.15, 0.2) is 0 Å². The van der Waals surface area contributed by atoms with Crippen LogP contribution in [0.2, 0.25) is 0 Å². The van der Waals surface area contributed by atoms with Crippen LogP contribution in [0, 0.1) is 17.8 Å². The fourth-order valence-electron chi connectivity index (χ4n) is 3.88. The minimum atomic E-state index is -0.845. The summed E-state index contributed by atoms with van der Waals surface area (Å²) in [5.41, 5.74) is 4.09. The molecule has 5 nitrogen and oxygen atoms in total. The maximum absolute atomic E-state index is 13.6. The summed E-state index contributed by atoms with van der Waals surface area (Å²) in [7, 11) is 1.31. The zero-order valence-corrected chi connectivity index (χ0v) is 19.6. The number of esters is 2. The van der Waals surface area contributed by atoms with Gasteiger partial charge in [-0.25, -0.2) is 9.59 Å². The Balaban J connectivity index is 1.83. The van der Waals surface area contributed by atoms with E-state index in [2.05, 4.69) is 17.2 Å². The lowest BCUT2D eigenvalue weighted by Crippen LogP contribution is -2.33. The molecule has 1 aliphatic heterocycles. The molecular weight excluding hydrogens is 438 g/mol. The zero-order valence-electron chi connectivity index (χ0n) is 19.6. The van der Waals surface area contributed by atoms with E-state index in [9.17, 15) is 9.59 Å². The van der Waals surface area contributed by atoms with Gasteiger partial charge in [0.1, 0.15) is 6.61 Å². The lowest BCUT2D eigenvalue weighted by molar-refractivity contribution is -0.140. The van der Waals surface area contributed by atoms with Crippen LogP contribution in [0.15, 0.2) is 108 Å². The van der Waals surface area contributed by atoms with Crippen LogP contribution in [0.5, 0.6) is 0 Å². The highest BCUT2D eigenvalue weighted by Gasteiger charge is 2.37. The molecule has 35 heavy (non-hydrogen) atoms. The lowest BCUT2D eigenvalue weighted by atomic mass is 9.84. The summed E-state index contributed by atoms with van der Waals surface area (Å²) in [4.78, 5) is 26.4. The largest absolute Gasteiger partial charge is 0.466 e. The van der Waals surface area contributed by atoms with Gasteiger partial charge < -0.3 is 14.8 Å². The lowest BCUT2D eigenvalue weighted by Gasteiger charge is -2.28. The molecule has 3 aromatic carbocycles. The second-order valence-electron chi connectivity index (χ2n) is 7.94. The highest BCUT2D eigenvalue weighted by Crippen LogP contribution is 2.35. The number of ether oxygens (including phenoxy) is 2. The molecule has 1 heterocycles. The number of carbonyl (C=O) groups excluding carboxylic acids is 2. The number of allylic oxidation sites excluding steroid dienone is 1.